The molecule has 0 saturated carbocycles. The molecular weight excluding hydrogens is 361 g/mol. The topological polar surface area (TPSA) is 59.4 Å². The van der Waals surface area contributed by atoms with E-state index in [4.69, 9.17) is 5.11 Å². The van der Waals surface area contributed by atoms with Crippen LogP contribution in [0.25, 0.3) is 0 Å². The number of ether oxygens (including phenoxy) is 1. The Kier molecular flexibility index (Phi) is 4.11. The van der Waals surface area contributed by atoms with Gasteiger partial charge in [0.05, 0.1) is 5.56 Å². The molecule has 1 aromatic heterocycles. The molecule has 0 radical (unpaired) electrons. The monoisotopic (exact) mass is 365 g/mol. The first-order valence-electron chi connectivity index (χ1n) is 3.99. The smallest absolute Gasteiger partial charge is 0.478 e. The third kappa shape index (κ3) is 3.68. The Bertz CT molecular complexity index is 449. The fourth-order valence-electron chi connectivity index (χ4n) is 1.04. The number of aromatic carboxylic acids is 1. The van der Waals surface area contributed by atoms with Crippen LogP contribution in [0, 0.1) is 3.70 Å². The first-order chi connectivity index (χ1) is 7.74. The summed E-state index contributed by atoms with van der Waals surface area (Å²) in [4.78, 5) is 14.0. The van der Waals surface area contributed by atoms with Crippen LogP contribution in [-0.4, -0.2) is 22.4 Å². The van der Waals surface area contributed by atoms with E-state index in [1.54, 1.807) is 0 Å². The van der Waals surface area contributed by atoms with Crippen LogP contribution in [0.2, 0.25) is 0 Å². The number of pyridine rings is 1. The molecule has 0 fully saturated rings. The van der Waals surface area contributed by atoms with Gasteiger partial charge in [0.25, 0.3) is 0 Å². The molecule has 1 heterocycles. The normalized spacial score (nSPS) is 11.4. The highest BCUT2D eigenvalue weighted by Crippen LogP contribution is 2.26. The highest BCUT2D eigenvalue weighted by molar-refractivity contribution is 14.1. The van der Waals surface area contributed by atoms with Crippen molar-refractivity contribution in [3.63, 3.8) is 0 Å². The molecule has 0 spiro atoms. The maximum Gasteiger partial charge on any atom is 0.574 e. The Hall–Kier alpha value is -1.13. The number of carboxylic acid groups (broad SMARTS) is 1. The van der Waals surface area contributed by atoms with E-state index in [2.05, 4.69) is 9.72 Å². The minimum atomic E-state index is -4.96. The molecule has 9 heteroatoms. The second kappa shape index (κ2) is 5.02. The van der Waals surface area contributed by atoms with Crippen LogP contribution in [-0.2, 0) is 6.67 Å². The number of aromatic nitrogens is 1. The van der Waals surface area contributed by atoms with E-state index in [0.717, 1.165) is 0 Å². The minimum Gasteiger partial charge on any atom is -0.478 e. The van der Waals surface area contributed by atoms with Gasteiger partial charge in [0.1, 0.15) is 10.4 Å². The van der Waals surface area contributed by atoms with Gasteiger partial charge < -0.3 is 9.84 Å². The minimum absolute atomic E-state index is 0.274. The van der Waals surface area contributed by atoms with Gasteiger partial charge in [-0.15, -0.1) is 13.2 Å². The maximum atomic E-state index is 12.5. The molecule has 0 saturated heterocycles. The Morgan fingerprint density at radius 2 is 2.12 bits per heavy atom. The van der Waals surface area contributed by atoms with Crippen molar-refractivity contribution in [3.05, 3.63) is 20.9 Å². The number of nitrogens with zero attached hydrogens (tertiary/aromatic N) is 1. The zero-order chi connectivity index (χ0) is 13.2. The first-order valence-corrected chi connectivity index (χ1v) is 5.07. The predicted octanol–water partition coefficient (Wildman–Crippen LogP) is 2.75. The molecule has 94 valence electrons. The van der Waals surface area contributed by atoms with Crippen molar-refractivity contribution < 1.29 is 32.2 Å². The van der Waals surface area contributed by atoms with Crippen molar-refractivity contribution in [3.8, 4) is 5.88 Å². The molecule has 0 amide bonds. The lowest BCUT2D eigenvalue weighted by atomic mass is 10.1. The highest BCUT2D eigenvalue weighted by Gasteiger charge is 2.32. The number of hydrogen-bond acceptors (Lipinski definition) is 3. The molecule has 0 bridgehead atoms. The summed E-state index contributed by atoms with van der Waals surface area (Å²) in [6, 6.07) is 0.610. The van der Waals surface area contributed by atoms with Gasteiger partial charge in [-0.2, -0.15) is 0 Å². The van der Waals surface area contributed by atoms with Crippen molar-refractivity contribution in [2.45, 2.75) is 13.0 Å². The summed E-state index contributed by atoms with van der Waals surface area (Å²) in [5, 5.41) is 8.73. The van der Waals surface area contributed by atoms with Crippen LogP contribution in [0.4, 0.5) is 17.6 Å². The Labute approximate surface area is 106 Å². The fourth-order valence-corrected chi connectivity index (χ4v) is 1.86. The van der Waals surface area contributed by atoms with Gasteiger partial charge in [0.2, 0.25) is 5.88 Å². The third-order valence-corrected chi connectivity index (χ3v) is 2.39. The molecule has 0 aliphatic carbocycles. The SMILES string of the molecule is O=C(O)c1c(CF)cc(OC(F)(F)F)nc1I. The third-order valence-electron chi connectivity index (χ3n) is 1.61. The molecule has 17 heavy (non-hydrogen) atoms. The molecule has 0 aliphatic heterocycles. The molecule has 0 unspecified atom stereocenters. The summed E-state index contributed by atoms with van der Waals surface area (Å²) in [5.41, 5.74) is -0.890. The van der Waals surface area contributed by atoms with Crippen LogP contribution in [0.1, 0.15) is 15.9 Å². The molecule has 4 nitrogen and oxygen atoms in total. The van der Waals surface area contributed by atoms with Crippen LogP contribution in [0.3, 0.4) is 0 Å². The van der Waals surface area contributed by atoms with Crippen LogP contribution in [0.5, 0.6) is 5.88 Å². The van der Waals surface area contributed by atoms with E-state index >= 15 is 0 Å². The van der Waals surface area contributed by atoms with E-state index in [9.17, 15) is 22.4 Å². The number of alkyl halides is 4. The van der Waals surface area contributed by atoms with Crippen molar-refractivity contribution in [1.82, 2.24) is 4.98 Å². The van der Waals surface area contributed by atoms with Crippen molar-refractivity contribution >= 4 is 28.6 Å². The van der Waals surface area contributed by atoms with Gasteiger partial charge in [-0.25, -0.2) is 14.2 Å². The highest BCUT2D eigenvalue weighted by atomic mass is 127. The second-order valence-electron chi connectivity index (χ2n) is 2.77. The number of carboxylic acids is 1. The molecule has 0 aromatic carbocycles. The van der Waals surface area contributed by atoms with Gasteiger partial charge >= 0.3 is 12.3 Å². The van der Waals surface area contributed by atoms with E-state index < -0.39 is 36.0 Å². The maximum absolute atomic E-state index is 12.5. The van der Waals surface area contributed by atoms with Crippen molar-refractivity contribution in [1.29, 1.82) is 0 Å². The van der Waals surface area contributed by atoms with E-state index in [1.807, 2.05) is 0 Å². The van der Waals surface area contributed by atoms with Crippen LogP contribution < -0.4 is 4.74 Å². The van der Waals surface area contributed by atoms with E-state index in [0.29, 0.717) is 6.07 Å². The van der Waals surface area contributed by atoms with Crippen LogP contribution in [0.15, 0.2) is 6.07 Å². The standard InChI is InChI=1S/C8H4F4INO3/c9-2-3-1-4(17-8(10,11)12)14-6(13)5(3)7(15)16/h1H,2H2,(H,15,16). The quantitative estimate of drug-likeness (QED) is 0.509. The fraction of sp³-hybridized carbons (Fsp3) is 0.250. The zero-order valence-corrected chi connectivity index (χ0v) is 10.0. The lowest BCUT2D eigenvalue weighted by Gasteiger charge is -2.11. The Morgan fingerprint density at radius 3 is 2.53 bits per heavy atom. The summed E-state index contributed by atoms with van der Waals surface area (Å²) >= 11 is 1.40. The molecule has 1 aromatic rings. The number of halogens is 5. The first kappa shape index (κ1) is 13.9. The summed E-state index contributed by atoms with van der Waals surface area (Å²) in [7, 11) is 0. The number of rotatable bonds is 3. The lowest BCUT2D eigenvalue weighted by Crippen LogP contribution is -2.19. The largest absolute Gasteiger partial charge is 0.574 e. The Balaban J connectivity index is 3.23. The molecule has 1 rings (SSSR count). The summed E-state index contributed by atoms with van der Waals surface area (Å²) in [5.74, 6) is -2.35. The van der Waals surface area contributed by atoms with Gasteiger partial charge in [0, 0.05) is 11.6 Å². The van der Waals surface area contributed by atoms with Gasteiger partial charge in [0.15, 0.2) is 0 Å². The Morgan fingerprint density at radius 1 is 1.53 bits per heavy atom. The average Bonchev–Trinajstić information content (AvgIpc) is 2.12. The van der Waals surface area contributed by atoms with Crippen molar-refractivity contribution in [2.75, 3.05) is 0 Å². The molecule has 0 atom stereocenters. The summed E-state index contributed by atoms with van der Waals surface area (Å²) in [6.45, 7) is -1.23. The van der Waals surface area contributed by atoms with Gasteiger partial charge in [-0.1, -0.05) is 0 Å². The number of carbonyl (C=O) groups is 1. The van der Waals surface area contributed by atoms with Crippen molar-refractivity contribution in [2.24, 2.45) is 0 Å². The summed E-state index contributed by atoms with van der Waals surface area (Å²) in [6.07, 6.45) is -4.96. The average molecular weight is 365 g/mol. The second-order valence-corrected chi connectivity index (χ2v) is 3.79. The summed E-state index contributed by atoms with van der Waals surface area (Å²) < 4.78 is 51.4. The zero-order valence-electron chi connectivity index (χ0n) is 7.89. The predicted molar refractivity (Wildman–Crippen MR) is 55.4 cm³/mol. The van der Waals surface area contributed by atoms with Gasteiger partial charge in [-0.05, 0) is 22.6 Å². The van der Waals surface area contributed by atoms with Crippen LogP contribution >= 0.6 is 22.6 Å². The van der Waals surface area contributed by atoms with E-state index in [1.165, 1.54) is 22.6 Å². The molecular formula is C8H4F4INO3. The molecule has 0 aliphatic rings. The van der Waals surface area contributed by atoms with E-state index in [-0.39, 0.29) is 3.70 Å². The molecule has 1 N–H and O–H groups in total. The number of hydrogen-bond donors (Lipinski definition) is 1. The van der Waals surface area contributed by atoms with Gasteiger partial charge in [-0.3, -0.25) is 0 Å². The lowest BCUT2D eigenvalue weighted by molar-refractivity contribution is -0.276.